The van der Waals surface area contributed by atoms with Crippen LogP contribution in [0.3, 0.4) is 0 Å². The Morgan fingerprint density at radius 2 is 2.12 bits per heavy atom. The van der Waals surface area contributed by atoms with Crippen molar-refractivity contribution in [3.63, 3.8) is 0 Å². The normalized spacial score (nSPS) is 11.5. The SMILES string of the molecule is CCC(CC)(CO)CNC(=O)c1ccc(Cl)s1. The predicted molar refractivity (Wildman–Crippen MR) is 71.8 cm³/mol. The van der Waals surface area contributed by atoms with Crippen molar-refractivity contribution >= 4 is 28.8 Å². The molecule has 1 heterocycles. The Morgan fingerprint density at radius 1 is 1.47 bits per heavy atom. The lowest BCUT2D eigenvalue weighted by Gasteiger charge is -2.29. The number of rotatable bonds is 6. The van der Waals surface area contributed by atoms with Crippen molar-refractivity contribution in [3.05, 3.63) is 21.3 Å². The number of hydrogen-bond donors (Lipinski definition) is 2. The van der Waals surface area contributed by atoms with E-state index in [0.29, 0.717) is 15.8 Å². The average molecular weight is 276 g/mol. The number of nitrogens with one attached hydrogen (secondary N) is 1. The van der Waals surface area contributed by atoms with E-state index >= 15 is 0 Å². The van der Waals surface area contributed by atoms with Gasteiger partial charge in [0.15, 0.2) is 0 Å². The molecule has 0 saturated carbocycles. The third kappa shape index (κ3) is 3.69. The largest absolute Gasteiger partial charge is 0.396 e. The molecule has 0 bridgehead atoms. The van der Waals surface area contributed by atoms with Crippen molar-refractivity contribution in [1.82, 2.24) is 5.32 Å². The van der Waals surface area contributed by atoms with Crippen LogP contribution in [0.4, 0.5) is 0 Å². The molecule has 0 unspecified atom stereocenters. The van der Waals surface area contributed by atoms with Gasteiger partial charge in [0, 0.05) is 12.0 Å². The van der Waals surface area contributed by atoms with Crippen LogP contribution < -0.4 is 5.32 Å². The molecule has 0 aliphatic carbocycles. The van der Waals surface area contributed by atoms with Gasteiger partial charge >= 0.3 is 0 Å². The van der Waals surface area contributed by atoms with Gasteiger partial charge in [0.2, 0.25) is 0 Å². The summed E-state index contributed by atoms with van der Waals surface area (Å²) < 4.78 is 0.606. The highest BCUT2D eigenvalue weighted by atomic mass is 35.5. The number of aliphatic hydroxyl groups excluding tert-OH is 1. The molecule has 0 atom stereocenters. The van der Waals surface area contributed by atoms with E-state index in [4.69, 9.17) is 11.6 Å². The van der Waals surface area contributed by atoms with Gasteiger partial charge in [-0.15, -0.1) is 11.3 Å². The Bertz CT molecular complexity index is 366. The molecule has 96 valence electrons. The fourth-order valence-corrected chi connectivity index (χ4v) is 2.53. The maximum Gasteiger partial charge on any atom is 0.261 e. The van der Waals surface area contributed by atoms with E-state index in [1.807, 2.05) is 13.8 Å². The Labute approximate surface area is 111 Å². The first-order valence-corrected chi connectivity index (χ1v) is 6.90. The summed E-state index contributed by atoms with van der Waals surface area (Å²) in [7, 11) is 0. The molecule has 2 N–H and O–H groups in total. The zero-order chi connectivity index (χ0) is 12.9. The number of amides is 1. The van der Waals surface area contributed by atoms with Crippen LogP contribution in [0.15, 0.2) is 12.1 Å². The molecular weight excluding hydrogens is 258 g/mol. The zero-order valence-electron chi connectivity index (χ0n) is 10.1. The summed E-state index contributed by atoms with van der Waals surface area (Å²) in [5.41, 5.74) is -0.212. The Kier molecular flexibility index (Phi) is 5.43. The van der Waals surface area contributed by atoms with E-state index in [2.05, 4.69) is 5.32 Å². The van der Waals surface area contributed by atoms with Crippen molar-refractivity contribution in [3.8, 4) is 0 Å². The summed E-state index contributed by atoms with van der Waals surface area (Å²) in [4.78, 5) is 12.4. The van der Waals surface area contributed by atoms with Gasteiger partial charge in [0.25, 0.3) is 5.91 Å². The topological polar surface area (TPSA) is 49.3 Å². The lowest BCUT2D eigenvalue weighted by Crippen LogP contribution is -2.39. The number of carbonyl (C=O) groups is 1. The maximum absolute atomic E-state index is 11.8. The predicted octanol–water partition coefficient (Wildman–Crippen LogP) is 2.93. The van der Waals surface area contributed by atoms with E-state index in [-0.39, 0.29) is 17.9 Å². The highest BCUT2D eigenvalue weighted by Gasteiger charge is 2.26. The molecule has 1 rings (SSSR count). The number of carbonyl (C=O) groups excluding carboxylic acids is 1. The second kappa shape index (κ2) is 6.38. The molecule has 0 saturated heterocycles. The Morgan fingerprint density at radius 3 is 2.53 bits per heavy atom. The van der Waals surface area contributed by atoms with Crippen molar-refractivity contribution in [2.45, 2.75) is 26.7 Å². The fourth-order valence-electron chi connectivity index (χ4n) is 1.57. The number of hydrogen-bond acceptors (Lipinski definition) is 3. The molecule has 0 aliphatic rings. The first kappa shape index (κ1) is 14.5. The van der Waals surface area contributed by atoms with Gasteiger partial charge in [-0.1, -0.05) is 25.4 Å². The van der Waals surface area contributed by atoms with Gasteiger partial charge < -0.3 is 10.4 Å². The van der Waals surface area contributed by atoms with Gasteiger partial charge in [-0.05, 0) is 25.0 Å². The molecule has 0 fully saturated rings. The molecule has 0 spiro atoms. The first-order chi connectivity index (χ1) is 8.06. The van der Waals surface area contributed by atoms with E-state index in [1.54, 1.807) is 12.1 Å². The molecule has 0 radical (unpaired) electrons. The quantitative estimate of drug-likeness (QED) is 0.839. The van der Waals surface area contributed by atoms with Crippen LogP contribution in [-0.2, 0) is 0 Å². The molecule has 1 aromatic rings. The van der Waals surface area contributed by atoms with E-state index in [1.165, 1.54) is 11.3 Å². The number of aliphatic hydroxyl groups is 1. The van der Waals surface area contributed by atoms with Crippen LogP contribution in [0, 0.1) is 5.41 Å². The minimum absolute atomic E-state index is 0.0888. The molecule has 1 aromatic heterocycles. The summed E-state index contributed by atoms with van der Waals surface area (Å²) in [6.45, 7) is 4.62. The molecular formula is C12H18ClNO2S. The third-order valence-electron chi connectivity index (χ3n) is 3.26. The summed E-state index contributed by atoms with van der Waals surface area (Å²) in [6.07, 6.45) is 1.68. The summed E-state index contributed by atoms with van der Waals surface area (Å²) >= 11 is 7.04. The Balaban J connectivity index is 2.58. The van der Waals surface area contributed by atoms with Crippen molar-refractivity contribution in [1.29, 1.82) is 0 Å². The van der Waals surface area contributed by atoms with Gasteiger partial charge in [-0.3, -0.25) is 4.79 Å². The minimum Gasteiger partial charge on any atom is -0.396 e. The number of halogens is 1. The van der Waals surface area contributed by atoms with Crippen LogP contribution in [0.25, 0.3) is 0 Å². The van der Waals surface area contributed by atoms with Crippen molar-refractivity contribution in [2.75, 3.05) is 13.2 Å². The summed E-state index contributed by atoms with van der Waals surface area (Å²) in [5.74, 6) is -0.123. The Hall–Kier alpha value is -0.580. The molecule has 17 heavy (non-hydrogen) atoms. The number of thiophene rings is 1. The standard InChI is InChI=1S/C12H18ClNO2S/c1-3-12(4-2,8-15)7-14-11(16)9-5-6-10(13)17-9/h5-6,15H,3-4,7-8H2,1-2H3,(H,14,16). The monoisotopic (exact) mass is 275 g/mol. The maximum atomic E-state index is 11.8. The van der Waals surface area contributed by atoms with Crippen LogP contribution in [0.2, 0.25) is 4.34 Å². The van der Waals surface area contributed by atoms with Crippen molar-refractivity contribution in [2.24, 2.45) is 5.41 Å². The van der Waals surface area contributed by atoms with Crippen LogP contribution in [-0.4, -0.2) is 24.2 Å². The summed E-state index contributed by atoms with van der Waals surface area (Å²) in [6, 6.07) is 3.42. The van der Waals surface area contributed by atoms with Crippen molar-refractivity contribution < 1.29 is 9.90 Å². The van der Waals surface area contributed by atoms with Crippen LogP contribution >= 0.6 is 22.9 Å². The lowest BCUT2D eigenvalue weighted by atomic mass is 9.83. The van der Waals surface area contributed by atoms with Gasteiger partial charge in [-0.25, -0.2) is 0 Å². The fraction of sp³-hybridized carbons (Fsp3) is 0.583. The van der Waals surface area contributed by atoms with E-state index in [0.717, 1.165) is 12.8 Å². The van der Waals surface area contributed by atoms with E-state index in [9.17, 15) is 9.90 Å². The summed E-state index contributed by atoms with van der Waals surface area (Å²) in [5, 5.41) is 12.3. The average Bonchev–Trinajstić information content (AvgIpc) is 2.78. The second-order valence-corrected chi connectivity index (χ2v) is 5.87. The highest BCUT2D eigenvalue weighted by Crippen LogP contribution is 2.25. The molecule has 1 amide bonds. The van der Waals surface area contributed by atoms with Crippen LogP contribution in [0.1, 0.15) is 36.4 Å². The van der Waals surface area contributed by atoms with Gasteiger partial charge in [0.1, 0.15) is 0 Å². The molecule has 5 heteroatoms. The highest BCUT2D eigenvalue weighted by molar-refractivity contribution is 7.17. The third-order valence-corrected chi connectivity index (χ3v) is 4.49. The first-order valence-electron chi connectivity index (χ1n) is 5.71. The second-order valence-electron chi connectivity index (χ2n) is 4.15. The van der Waals surface area contributed by atoms with Gasteiger partial charge in [-0.2, -0.15) is 0 Å². The zero-order valence-corrected chi connectivity index (χ0v) is 11.7. The van der Waals surface area contributed by atoms with Gasteiger partial charge in [0.05, 0.1) is 15.8 Å². The van der Waals surface area contributed by atoms with E-state index < -0.39 is 0 Å². The van der Waals surface area contributed by atoms with Crippen LogP contribution in [0.5, 0.6) is 0 Å². The molecule has 0 aliphatic heterocycles. The minimum atomic E-state index is -0.212. The molecule has 3 nitrogen and oxygen atoms in total. The molecule has 0 aromatic carbocycles. The lowest BCUT2D eigenvalue weighted by molar-refractivity contribution is 0.0854. The smallest absolute Gasteiger partial charge is 0.261 e.